The predicted octanol–water partition coefficient (Wildman–Crippen LogP) is -0.674. The van der Waals surface area contributed by atoms with E-state index in [9.17, 15) is 28.8 Å². The molecule has 1 unspecified atom stereocenters. The van der Waals surface area contributed by atoms with Gasteiger partial charge in [-0.05, 0) is 11.7 Å². The summed E-state index contributed by atoms with van der Waals surface area (Å²) in [5, 5.41) is 26.8. The highest BCUT2D eigenvalue weighted by Gasteiger charge is 2.25. The Bertz CT molecular complexity index is 714. The smallest absolute Gasteiger partial charge is 0.305 e. The molecule has 2 atom stereocenters. The molecule has 0 rings (SSSR count). The average molecular weight is 491 g/mol. The molecular formula is C20H34N4O8S. The van der Waals surface area contributed by atoms with Crippen LogP contribution in [0.5, 0.6) is 0 Å². The van der Waals surface area contributed by atoms with Crippen molar-refractivity contribution in [3.8, 4) is 0 Å². The zero-order valence-electron chi connectivity index (χ0n) is 19.3. The number of aliphatic carboxylic acids is 2. The first-order valence-corrected chi connectivity index (χ1v) is 11.5. The van der Waals surface area contributed by atoms with E-state index in [-0.39, 0.29) is 43.0 Å². The Morgan fingerprint density at radius 2 is 1.36 bits per heavy atom. The second-order valence-electron chi connectivity index (χ2n) is 7.78. The van der Waals surface area contributed by atoms with Crippen molar-refractivity contribution in [3.63, 3.8) is 0 Å². The number of hydrogen-bond acceptors (Lipinski definition) is 7. The third-order valence-corrected chi connectivity index (χ3v) is 5.31. The Kier molecular flexibility index (Phi) is 14.5. The Labute approximate surface area is 197 Å². The number of carboxylic acid groups (broad SMARTS) is 2. The molecule has 0 saturated carbocycles. The molecule has 0 bridgehead atoms. The van der Waals surface area contributed by atoms with Crippen LogP contribution in [0.1, 0.15) is 47.0 Å². The SMILES string of the molecule is CC(C)SC(CC(=O)O)C(=O)NCC(=O)N[C@H](CCC(=O)O)C(=O)NCCNC(=O)C(C)C. The Balaban J connectivity index is 4.80. The molecule has 0 aromatic rings. The van der Waals surface area contributed by atoms with Crippen molar-refractivity contribution >= 4 is 47.3 Å². The first kappa shape index (κ1) is 30.2. The highest BCUT2D eigenvalue weighted by atomic mass is 32.2. The van der Waals surface area contributed by atoms with Crippen LogP contribution in [0, 0.1) is 5.92 Å². The van der Waals surface area contributed by atoms with Gasteiger partial charge in [-0.25, -0.2) is 0 Å². The predicted molar refractivity (Wildman–Crippen MR) is 121 cm³/mol. The van der Waals surface area contributed by atoms with Crippen molar-refractivity contribution in [2.45, 2.75) is 63.5 Å². The van der Waals surface area contributed by atoms with Crippen LogP contribution in [-0.2, 0) is 28.8 Å². The minimum absolute atomic E-state index is 0.0108. The van der Waals surface area contributed by atoms with E-state index in [0.717, 1.165) is 11.8 Å². The van der Waals surface area contributed by atoms with E-state index in [0.29, 0.717) is 0 Å². The van der Waals surface area contributed by atoms with Crippen molar-refractivity contribution in [2.24, 2.45) is 5.92 Å². The van der Waals surface area contributed by atoms with Gasteiger partial charge in [0.25, 0.3) is 0 Å². The van der Waals surface area contributed by atoms with Crippen LogP contribution in [0.4, 0.5) is 0 Å². The maximum Gasteiger partial charge on any atom is 0.305 e. The van der Waals surface area contributed by atoms with Gasteiger partial charge in [0.05, 0.1) is 18.2 Å². The lowest BCUT2D eigenvalue weighted by atomic mass is 10.1. The van der Waals surface area contributed by atoms with E-state index in [1.54, 1.807) is 27.7 Å². The molecule has 4 amide bonds. The number of carbonyl (C=O) groups is 6. The second kappa shape index (κ2) is 15.9. The second-order valence-corrected chi connectivity index (χ2v) is 9.56. The molecular weight excluding hydrogens is 456 g/mol. The summed E-state index contributed by atoms with van der Waals surface area (Å²) in [6, 6.07) is -1.16. The number of thioether (sulfide) groups is 1. The van der Waals surface area contributed by atoms with E-state index < -0.39 is 53.9 Å². The highest BCUT2D eigenvalue weighted by molar-refractivity contribution is 8.01. The molecule has 0 aliphatic rings. The number of carbonyl (C=O) groups excluding carboxylic acids is 4. The molecule has 0 heterocycles. The van der Waals surface area contributed by atoms with E-state index in [1.165, 1.54) is 0 Å². The minimum atomic E-state index is -1.16. The normalized spacial score (nSPS) is 12.5. The van der Waals surface area contributed by atoms with Crippen LogP contribution >= 0.6 is 11.8 Å². The third-order valence-electron chi connectivity index (χ3n) is 4.06. The summed E-state index contributed by atoms with van der Waals surface area (Å²) < 4.78 is 0. The quantitative estimate of drug-likeness (QED) is 0.152. The van der Waals surface area contributed by atoms with Crippen molar-refractivity contribution in [1.29, 1.82) is 0 Å². The first-order chi connectivity index (χ1) is 15.3. The van der Waals surface area contributed by atoms with Gasteiger partial charge in [-0.2, -0.15) is 0 Å². The summed E-state index contributed by atoms with van der Waals surface area (Å²) >= 11 is 1.15. The number of hydrogen-bond donors (Lipinski definition) is 6. The third kappa shape index (κ3) is 14.8. The van der Waals surface area contributed by atoms with Crippen LogP contribution < -0.4 is 21.3 Å². The summed E-state index contributed by atoms with van der Waals surface area (Å²) in [6.07, 6.45) is -0.960. The summed E-state index contributed by atoms with van der Waals surface area (Å²) in [5.74, 6) is -4.69. The topological polar surface area (TPSA) is 191 Å². The fraction of sp³-hybridized carbons (Fsp3) is 0.700. The zero-order valence-corrected chi connectivity index (χ0v) is 20.1. The van der Waals surface area contributed by atoms with Gasteiger partial charge in [0.1, 0.15) is 6.04 Å². The summed E-state index contributed by atoms with van der Waals surface area (Å²) in [5.41, 5.74) is 0. The van der Waals surface area contributed by atoms with Crippen molar-refractivity contribution < 1.29 is 39.0 Å². The van der Waals surface area contributed by atoms with Crippen LogP contribution in [0.3, 0.4) is 0 Å². The van der Waals surface area contributed by atoms with Crippen molar-refractivity contribution in [2.75, 3.05) is 19.6 Å². The number of rotatable bonds is 16. The van der Waals surface area contributed by atoms with E-state index in [1.807, 2.05) is 0 Å². The first-order valence-electron chi connectivity index (χ1n) is 10.5. The van der Waals surface area contributed by atoms with Gasteiger partial charge in [-0.15, -0.1) is 11.8 Å². The number of nitrogens with one attached hydrogen (secondary N) is 4. The Hall–Kier alpha value is -2.83. The van der Waals surface area contributed by atoms with Gasteiger partial charge < -0.3 is 31.5 Å². The molecule has 0 aliphatic heterocycles. The lowest BCUT2D eigenvalue weighted by Crippen LogP contribution is -2.51. The van der Waals surface area contributed by atoms with Gasteiger partial charge in [0.2, 0.25) is 23.6 Å². The van der Waals surface area contributed by atoms with E-state index in [4.69, 9.17) is 10.2 Å². The largest absolute Gasteiger partial charge is 0.481 e. The molecule has 6 N–H and O–H groups in total. The molecule has 0 aliphatic carbocycles. The number of carboxylic acids is 2. The average Bonchev–Trinajstić information content (AvgIpc) is 2.70. The number of amides is 4. The molecule has 12 nitrogen and oxygen atoms in total. The van der Waals surface area contributed by atoms with Crippen LogP contribution in [-0.4, -0.2) is 82.0 Å². The van der Waals surface area contributed by atoms with Crippen LogP contribution in [0.25, 0.3) is 0 Å². The minimum Gasteiger partial charge on any atom is -0.481 e. The molecule has 0 fully saturated rings. The monoisotopic (exact) mass is 490 g/mol. The molecule has 0 aromatic carbocycles. The fourth-order valence-electron chi connectivity index (χ4n) is 2.45. The molecule has 0 radical (unpaired) electrons. The summed E-state index contributed by atoms with van der Waals surface area (Å²) in [6.45, 7) is 6.78. The van der Waals surface area contributed by atoms with E-state index >= 15 is 0 Å². The zero-order chi connectivity index (χ0) is 25.6. The molecule has 0 saturated heterocycles. The summed E-state index contributed by atoms with van der Waals surface area (Å²) in [4.78, 5) is 70.2. The fourth-order valence-corrected chi connectivity index (χ4v) is 3.55. The highest BCUT2D eigenvalue weighted by Crippen LogP contribution is 2.20. The molecule has 0 spiro atoms. The summed E-state index contributed by atoms with van der Waals surface area (Å²) in [7, 11) is 0. The van der Waals surface area contributed by atoms with Crippen LogP contribution in [0.2, 0.25) is 0 Å². The standard InChI is InChI=1S/C20H34N4O8S/c1-11(2)18(30)21-7-8-22-19(31)13(5-6-16(26)27)24-15(25)10-23-20(32)14(9-17(28)29)33-12(3)4/h11-14H,5-10H2,1-4H3,(H,21,30)(H,22,31)(H,23,32)(H,24,25)(H,26,27)(H,28,29)/t13-,14?/m1/s1. The molecule has 0 aromatic heterocycles. The molecule has 13 heteroatoms. The molecule has 188 valence electrons. The van der Waals surface area contributed by atoms with Gasteiger partial charge in [0.15, 0.2) is 0 Å². The lowest BCUT2D eigenvalue weighted by molar-refractivity contribution is -0.139. The van der Waals surface area contributed by atoms with Gasteiger partial charge in [-0.1, -0.05) is 27.7 Å². The van der Waals surface area contributed by atoms with Gasteiger partial charge >= 0.3 is 11.9 Å². The van der Waals surface area contributed by atoms with Crippen molar-refractivity contribution in [1.82, 2.24) is 21.3 Å². The van der Waals surface area contributed by atoms with Gasteiger partial charge in [0, 0.05) is 25.4 Å². The lowest BCUT2D eigenvalue weighted by Gasteiger charge is -2.19. The van der Waals surface area contributed by atoms with Gasteiger partial charge in [-0.3, -0.25) is 28.8 Å². The van der Waals surface area contributed by atoms with E-state index in [2.05, 4.69) is 21.3 Å². The molecule has 33 heavy (non-hydrogen) atoms. The Morgan fingerprint density at radius 3 is 1.85 bits per heavy atom. The van der Waals surface area contributed by atoms with Crippen LogP contribution in [0.15, 0.2) is 0 Å². The van der Waals surface area contributed by atoms with Crippen molar-refractivity contribution in [3.05, 3.63) is 0 Å². The Morgan fingerprint density at radius 1 is 0.788 bits per heavy atom. The maximum absolute atomic E-state index is 12.4. The maximum atomic E-state index is 12.4.